The van der Waals surface area contributed by atoms with Crippen LogP contribution < -0.4 is 0 Å². The molecule has 0 unspecified atom stereocenters. The molecule has 0 radical (unpaired) electrons. The highest BCUT2D eigenvalue weighted by Crippen LogP contribution is 2.08. The Morgan fingerprint density at radius 1 is 0.640 bits per heavy atom. The number of ketones is 1. The van der Waals surface area contributed by atoms with Crippen molar-refractivity contribution in [1.29, 1.82) is 0 Å². The highest BCUT2D eigenvalue weighted by Gasteiger charge is 2.06. The summed E-state index contributed by atoms with van der Waals surface area (Å²) in [5.41, 5.74) is 2.37. The average Bonchev–Trinajstić information content (AvgIpc) is 2.68. The molecule has 3 rings (SSSR count). The molecule has 124 valence electrons. The molecule has 0 aromatic heterocycles. The molecule has 0 atom stereocenters. The quantitative estimate of drug-likeness (QED) is 0.557. The third kappa shape index (κ3) is 6.28. The second-order valence-corrected chi connectivity index (χ2v) is 5.14. The zero-order valence-electron chi connectivity index (χ0n) is 13.6. The number of rotatable bonds is 4. The van der Waals surface area contributed by atoms with Gasteiger partial charge in [0, 0.05) is 17.2 Å². The fourth-order valence-corrected chi connectivity index (χ4v) is 2.08. The van der Waals surface area contributed by atoms with Crippen LogP contribution in [0.1, 0.15) is 21.5 Å². The molecule has 0 amide bonds. The van der Waals surface area contributed by atoms with Crippen molar-refractivity contribution in [1.82, 2.24) is 0 Å². The maximum Gasteiger partial charge on any atom is 0.328 e. The minimum atomic E-state index is -0.922. The highest BCUT2D eigenvalue weighted by atomic mass is 16.4. The fourth-order valence-electron chi connectivity index (χ4n) is 2.08. The van der Waals surface area contributed by atoms with Crippen LogP contribution in [0.4, 0.5) is 0 Å². The molecule has 0 spiro atoms. The SMILES string of the molecule is O=C(O)/C=C/c1ccccc1.O=C(c1ccccc1)c1ccccc1. The van der Waals surface area contributed by atoms with Crippen LogP contribution in [0.15, 0.2) is 97.1 Å². The Balaban J connectivity index is 0.000000186. The highest BCUT2D eigenvalue weighted by molar-refractivity contribution is 6.08. The van der Waals surface area contributed by atoms with E-state index in [4.69, 9.17) is 5.11 Å². The monoisotopic (exact) mass is 330 g/mol. The number of hydrogen-bond acceptors (Lipinski definition) is 2. The summed E-state index contributed by atoms with van der Waals surface area (Å²) in [6.45, 7) is 0. The van der Waals surface area contributed by atoms with Crippen LogP contribution in [-0.4, -0.2) is 16.9 Å². The first kappa shape index (κ1) is 17.9. The third-order valence-corrected chi connectivity index (χ3v) is 3.29. The van der Waals surface area contributed by atoms with E-state index in [0.29, 0.717) is 0 Å². The number of carbonyl (C=O) groups excluding carboxylic acids is 1. The van der Waals surface area contributed by atoms with Crippen molar-refractivity contribution in [3.05, 3.63) is 114 Å². The van der Waals surface area contributed by atoms with Crippen molar-refractivity contribution in [2.45, 2.75) is 0 Å². The van der Waals surface area contributed by atoms with E-state index in [0.717, 1.165) is 22.8 Å². The number of carboxylic acids is 1. The molecule has 0 aliphatic rings. The minimum Gasteiger partial charge on any atom is -0.478 e. The zero-order valence-corrected chi connectivity index (χ0v) is 13.6. The van der Waals surface area contributed by atoms with Crippen LogP contribution in [0.25, 0.3) is 6.08 Å². The van der Waals surface area contributed by atoms with Crippen LogP contribution in [0.2, 0.25) is 0 Å². The maximum atomic E-state index is 11.8. The molecule has 0 saturated carbocycles. The summed E-state index contributed by atoms with van der Waals surface area (Å²) < 4.78 is 0. The lowest BCUT2D eigenvalue weighted by Gasteiger charge is -1.99. The van der Waals surface area contributed by atoms with Gasteiger partial charge in [0.1, 0.15) is 0 Å². The van der Waals surface area contributed by atoms with Gasteiger partial charge < -0.3 is 5.11 Å². The van der Waals surface area contributed by atoms with Crippen molar-refractivity contribution in [2.24, 2.45) is 0 Å². The predicted octanol–water partition coefficient (Wildman–Crippen LogP) is 4.70. The van der Waals surface area contributed by atoms with E-state index in [1.54, 1.807) is 6.08 Å². The van der Waals surface area contributed by atoms with Gasteiger partial charge in [-0.3, -0.25) is 4.79 Å². The maximum absolute atomic E-state index is 11.8. The molecular formula is C22H18O3. The lowest BCUT2D eigenvalue weighted by molar-refractivity contribution is -0.131. The first-order valence-electron chi connectivity index (χ1n) is 7.77. The fraction of sp³-hybridized carbons (Fsp3) is 0. The number of carbonyl (C=O) groups is 2. The topological polar surface area (TPSA) is 54.4 Å². The van der Waals surface area contributed by atoms with E-state index >= 15 is 0 Å². The Bertz CT molecular complexity index is 781. The van der Waals surface area contributed by atoms with Gasteiger partial charge >= 0.3 is 5.97 Å². The van der Waals surface area contributed by atoms with Crippen LogP contribution in [0.3, 0.4) is 0 Å². The summed E-state index contributed by atoms with van der Waals surface area (Å²) in [4.78, 5) is 21.9. The van der Waals surface area contributed by atoms with E-state index < -0.39 is 5.97 Å². The number of hydrogen-bond donors (Lipinski definition) is 1. The molecule has 1 N–H and O–H groups in total. The van der Waals surface area contributed by atoms with E-state index in [1.807, 2.05) is 91.0 Å². The van der Waals surface area contributed by atoms with Gasteiger partial charge in [-0.25, -0.2) is 4.79 Å². The zero-order chi connectivity index (χ0) is 17.9. The molecule has 0 heterocycles. The van der Waals surface area contributed by atoms with Gasteiger partial charge in [0.25, 0.3) is 0 Å². The second-order valence-electron chi connectivity index (χ2n) is 5.14. The van der Waals surface area contributed by atoms with Gasteiger partial charge in [-0.15, -0.1) is 0 Å². The molecule has 0 aliphatic carbocycles. The molecule has 25 heavy (non-hydrogen) atoms. The van der Waals surface area contributed by atoms with E-state index in [-0.39, 0.29) is 5.78 Å². The largest absolute Gasteiger partial charge is 0.478 e. The Hall–Kier alpha value is -3.46. The Morgan fingerprint density at radius 3 is 1.44 bits per heavy atom. The van der Waals surface area contributed by atoms with Gasteiger partial charge in [-0.2, -0.15) is 0 Å². The smallest absolute Gasteiger partial charge is 0.328 e. The van der Waals surface area contributed by atoms with Gasteiger partial charge in [-0.05, 0) is 11.6 Å². The lowest BCUT2D eigenvalue weighted by Crippen LogP contribution is -1.99. The minimum absolute atomic E-state index is 0.0752. The summed E-state index contributed by atoms with van der Waals surface area (Å²) in [7, 11) is 0. The van der Waals surface area contributed by atoms with Crippen molar-refractivity contribution in [2.75, 3.05) is 0 Å². The Labute approximate surface area is 146 Å². The Kier molecular flexibility index (Phi) is 6.89. The van der Waals surface area contributed by atoms with Crippen LogP contribution in [0.5, 0.6) is 0 Å². The molecular weight excluding hydrogens is 312 g/mol. The van der Waals surface area contributed by atoms with Gasteiger partial charge in [-0.1, -0.05) is 91.0 Å². The average molecular weight is 330 g/mol. The summed E-state index contributed by atoms with van der Waals surface area (Å²) >= 11 is 0. The molecule has 3 nitrogen and oxygen atoms in total. The van der Waals surface area contributed by atoms with Crippen molar-refractivity contribution in [3.63, 3.8) is 0 Å². The van der Waals surface area contributed by atoms with E-state index in [2.05, 4.69) is 0 Å². The predicted molar refractivity (Wildman–Crippen MR) is 99.4 cm³/mol. The molecule has 0 bridgehead atoms. The molecule has 0 saturated heterocycles. The molecule has 3 aromatic rings. The van der Waals surface area contributed by atoms with E-state index in [1.165, 1.54) is 0 Å². The summed E-state index contributed by atoms with van der Waals surface area (Å²) in [5.74, 6) is -0.847. The van der Waals surface area contributed by atoms with Crippen LogP contribution >= 0.6 is 0 Å². The summed E-state index contributed by atoms with van der Waals surface area (Å²) in [6.07, 6.45) is 2.68. The third-order valence-electron chi connectivity index (χ3n) is 3.29. The van der Waals surface area contributed by atoms with Crippen LogP contribution in [-0.2, 0) is 4.79 Å². The van der Waals surface area contributed by atoms with Gasteiger partial charge in [0.15, 0.2) is 5.78 Å². The Morgan fingerprint density at radius 2 is 1.04 bits per heavy atom. The van der Waals surface area contributed by atoms with Gasteiger partial charge in [0.2, 0.25) is 0 Å². The van der Waals surface area contributed by atoms with Crippen molar-refractivity contribution < 1.29 is 14.7 Å². The summed E-state index contributed by atoms with van der Waals surface area (Å²) in [5, 5.41) is 8.29. The molecule has 3 heteroatoms. The van der Waals surface area contributed by atoms with Gasteiger partial charge in [0.05, 0.1) is 0 Å². The van der Waals surface area contributed by atoms with E-state index in [9.17, 15) is 9.59 Å². The number of benzene rings is 3. The number of carboxylic acid groups (broad SMARTS) is 1. The number of aliphatic carboxylic acids is 1. The van der Waals surface area contributed by atoms with Crippen LogP contribution in [0, 0.1) is 0 Å². The van der Waals surface area contributed by atoms with Crippen molar-refractivity contribution in [3.8, 4) is 0 Å². The molecule has 3 aromatic carbocycles. The standard InChI is InChI=1S/C13H10O.C9H8O2/c14-13(11-7-3-1-4-8-11)12-9-5-2-6-10-12;10-9(11)7-6-8-4-2-1-3-5-8/h1-10H;1-7H,(H,10,11)/b;7-6+. The second kappa shape index (κ2) is 9.63. The summed E-state index contributed by atoms with van der Waals surface area (Å²) in [6, 6.07) is 27.9. The molecule has 0 aliphatic heterocycles. The first-order valence-corrected chi connectivity index (χ1v) is 7.77. The first-order chi connectivity index (χ1) is 12.2. The molecule has 0 fully saturated rings. The lowest BCUT2D eigenvalue weighted by atomic mass is 10.0. The van der Waals surface area contributed by atoms with Crippen molar-refractivity contribution >= 4 is 17.8 Å². The normalized spacial score (nSPS) is 9.92.